The number of nitrogens with one attached hydrogen (secondary N) is 1. The summed E-state index contributed by atoms with van der Waals surface area (Å²) >= 11 is 0. The zero-order valence-electron chi connectivity index (χ0n) is 17.7. The van der Waals surface area contributed by atoms with Crippen molar-refractivity contribution >= 4 is 17.2 Å². The highest BCUT2D eigenvalue weighted by Gasteiger charge is 2.23. The van der Waals surface area contributed by atoms with Crippen molar-refractivity contribution < 1.29 is 9.47 Å². The van der Waals surface area contributed by atoms with Gasteiger partial charge in [0.1, 0.15) is 12.4 Å². The zero-order valence-corrected chi connectivity index (χ0v) is 17.7. The third kappa shape index (κ3) is 3.34. The smallest absolute Gasteiger partial charge is 0.176 e. The van der Waals surface area contributed by atoms with Crippen molar-refractivity contribution in [3.05, 3.63) is 70.9 Å². The first-order valence-corrected chi connectivity index (χ1v) is 10.6. The monoisotopic (exact) mass is 401 g/mol. The lowest BCUT2D eigenvalue weighted by atomic mass is 10.0. The number of nitrogens with zero attached hydrogens (tertiary/aromatic N) is 2. The number of anilines is 3. The first-order chi connectivity index (χ1) is 14.6. The van der Waals surface area contributed by atoms with Gasteiger partial charge in [-0.2, -0.15) is 0 Å². The highest BCUT2D eigenvalue weighted by Crippen LogP contribution is 2.38. The highest BCUT2D eigenvalue weighted by molar-refractivity contribution is 5.70. The third-order valence-corrected chi connectivity index (χ3v) is 6.03. The normalized spacial score (nSPS) is 17.0. The quantitative estimate of drug-likeness (QED) is 0.640. The van der Waals surface area contributed by atoms with Crippen molar-refractivity contribution in [2.45, 2.75) is 33.2 Å². The van der Waals surface area contributed by atoms with Gasteiger partial charge < -0.3 is 19.7 Å². The summed E-state index contributed by atoms with van der Waals surface area (Å²) < 4.78 is 11.6. The van der Waals surface area contributed by atoms with Gasteiger partial charge in [0.25, 0.3) is 0 Å². The zero-order chi connectivity index (χ0) is 20.7. The van der Waals surface area contributed by atoms with Crippen molar-refractivity contribution in [1.82, 2.24) is 4.98 Å². The third-order valence-electron chi connectivity index (χ3n) is 6.03. The van der Waals surface area contributed by atoms with Crippen LogP contribution in [-0.2, 0) is 6.54 Å². The van der Waals surface area contributed by atoms with Gasteiger partial charge in [0.2, 0.25) is 0 Å². The molecule has 30 heavy (non-hydrogen) atoms. The minimum Gasteiger partial charge on any atom is -0.493 e. The molecule has 0 spiro atoms. The van der Waals surface area contributed by atoms with Gasteiger partial charge in [-0.1, -0.05) is 25.1 Å². The SMILES string of the molecule is Cc1ccc2c(n1)N(c1cccc(CNc3ccc4c(c3)OCC4C)c1C)CCO2. The number of ether oxygens (including phenoxy) is 2. The standard InChI is InChI=1S/C25H27N3O2/c1-16-15-30-24-13-20(8-9-21(16)24)26-14-19-5-4-6-22(18(19)3)28-11-12-29-23-10-7-17(2)27-25(23)28/h4-10,13,16,26H,11-12,14-15H2,1-3H3. The summed E-state index contributed by atoms with van der Waals surface area (Å²) in [6.07, 6.45) is 0. The molecule has 0 amide bonds. The van der Waals surface area contributed by atoms with Gasteiger partial charge in [0.15, 0.2) is 11.6 Å². The average Bonchev–Trinajstić information content (AvgIpc) is 3.13. The van der Waals surface area contributed by atoms with Crippen LogP contribution in [0.4, 0.5) is 17.2 Å². The highest BCUT2D eigenvalue weighted by atomic mass is 16.5. The van der Waals surface area contributed by atoms with Crippen molar-refractivity contribution in [3.63, 3.8) is 0 Å². The van der Waals surface area contributed by atoms with Gasteiger partial charge in [-0.3, -0.25) is 0 Å². The molecule has 1 N–H and O–H groups in total. The Labute approximate surface area is 177 Å². The predicted octanol–water partition coefficient (Wildman–Crippen LogP) is 5.34. The van der Waals surface area contributed by atoms with Crippen LogP contribution in [-0.4, -0.2) is 24.7 Å². The van der Waals surface area contributed by atoms with Crippen LogP contribution in [0.3, 0.4) is 0 Å². The average molecular weight is 402 g/mol. The number of rotatable bonds is 4. The Bertz CT molecular complexity index is 1100. The van der Waals surface area contributed by atoms with Crippen molar-refractivity contribution in [2.24, 2.45) is 0 Å². The molecule has 0 bridgehead atoms. The van der Waals surface area contributed by atoms with Crippen LogP contribution in [0.2, 0.25) is 0 Å². The number of aryl methyl sites for hydroxylation is 1. The van der Waals surface area contributed by atoms with Crippen LogP contribution in [0.1, 0.15) is 35.2 Å². The summed E-state index contributed by atoms with van der Waals surface area (Å²) in [5.41, 5.74) is 7.08. The molecule has 0 saturated heterocycles. The molecule has 0 saturated carbocycles. The Morgan fingerprint density at radius 1 is 1.07 bits per heavy atom. The number of aromatic nitrogens is 1. The summed E-state index contributed by atoms with van der Waals surface area (Å²) in [6, 6.07) is 16.9. The fourth-order valence-corrected chi connectivity index (χ4v) is 4.26. The molecule has 5 nitrogen and oxygen atoms in total. The van der Waals surface area contributed by atoms with Crippen LogP contribution in [0.15, 0.2) is 48.5 Å². The van der Waals surface area contributed by atoms with E-state index in [1.807, 2.05) is 19.1 Å². The maximum absolute atomic E-state index is 5.82. The topological polar surface area (TPSA) is 46.6 Å². The van der Waals surface area contributed by atoms with Crippen LogP contribution in [0.25, 0.3) is 0 Å². The van der Waals surface area contributed by atoms with Gasteiger partial charge in [-0.25, -0.2) is 4.98 Å². The van der Waals surface area contributed by atoms with Crippen molar-refractivity contribution in [3.8, 4) is 11.5 Å². The van der Waals surface area contributed by atoms with Crippen molar-refractivity contribution in [2.75, 3.05) is 30.0 Å². The Morgan fingerprint density at radius 2 is 1.97 bits per heavy atom. The summed E-state index contributed by atoms with van der Waals surface area (Å²) in [6.45, 7) is 9.38. The molecular formula is C25H27N3O2. The van der Waals surface area contributed by atoms with Crippen LogP contribution in [0.5, 0.6) is 11.5 Å². The summed E-state index contributed by atoms with van der Waals surface area (Å²) in [4.78, 5) is 7.02. The number of benzene rings is 2. The van der Waals surface area contributed by atoms with Gasteiger partial charge in [0.05, 0.1) is 13.2 Å². The van der Waals surface area contributed by atoms with Crippen molar-refractivity contribution in [1.29, 1.82) is 0 Å². The molecule has 2 aliphatic heterocycles. The lowest BCUT2D eigenvalue weighted by molar-refractivity contribution is 0.311. The molecule has 0 fully saturated rings. The Hall–Kier alpha value is -3.21. The molecule has 5 rings (SSSR count). The largest absolute Gasteiger partial charge is 0.493 e. The maximum Gasteiger partial charge on any atom is 0.176 e. The lowest BCUT2D eigenvalue weighted by Gasteiger charge is -2.32. The van der Waals surface area contributed by atoms with Gasteiger partial charge in [0, 0.05) is 41.2 Å². The van der Waals surface area contributed by atoms with Crippen LogP contribution < -0.4 is 19.7 Å². The summed E-state index contributed by atoms with van der Waals surface area (Å²) in [5.74, 6) is 3.23. The van der Waals surface area contributed by atoms with Gasteiger partial charge >= 0.3 is 0 Å². The van der Waals surface area contributed by atoms with E-state index in [1.54, 1.807) is 0 Å². The number of pyridine rings is 1. The van der Waals surface area contributed by atoms with E-state index >= 15 is 0 Å². The Morgan fingerprint density at radius 3 is 2.87 bits per heavy atom. The molecule has 2 aliphatic rings. The molecule has 5 heteroatoms. The number of fused-ring (bicyclic) bond motifs is 2. The number of hydrogen-bond acceptors (Lipinski definition) is 5. The number of hydrogen-bond donors (Lipinski definition) is 1. The van der Waals surface area contributed by atoms with E-state index in [2.05, 4.69) is 60.5 Å². The molecule has 154 valence electrons. The fourth-order valence-electron chi connectivity index (χ4n) is 4.26. The lowest BCUT2D eigenvalue weighted by Crippen LogP contribution is -2.30. The minimum atomic E-state index is 0.474. The second-order valence-corrected chi connectivity index (χ2v) is 8.15. The second-order valence-electron chi connectivity index (χ2n) is 8.15. The van der Waals surface area contributed by atoms with Gasteiger partial charge in [-0.05, 0) is 49.2 Å². The van der Waals surface area contributed by atoms with E-state index in [0.717, 1.165) is 48.4 Å². The molecule has 2 aromatic carbocycles. The van der Waals surface area contributed by atoms with E-state index in [4.69, 9.17) is 14.5 Å². The predicted molar refractivity (Wildman–Crippen MR) is 120 cm³/mol. The van der Waals surface area contributed by atoms with Gasteiger partial charge in [-0.15, -0.1) is 0 Å². The molecule has 1 unspecified atom stereocenters. The first-order valence-electron chi connectivity index (χ1n) is 10.6. The second kappa shape index (κ2) is 7.56. The molecule has 0 radical (unpaired) electrons. The molecule has 3 heterocycles. The summed E-state index contributed by atoms with van der Waals surface area (Å²) in [5, 5.41) is 3.57. The van der Waals surface area contributed by atoms with E-state index in [-0.39, 0.29) is 0 Å². The van der Waals surface area contributed by atoms with E-state index < -0.39 is 0 Å². The summed E-state index contributed by atoms with van der Waals surface area (Å²) in [7, 11) is 0. The van der Waals surface area contributed by atoms with E-state index in [9.17, 15) is 0 Å². The van der Waals surface area contributed by atoms with Crippen LogP contribution >= 0.6 is 0 Å². The fraction of sp³-hybridized carbons (Fsp3) is 0.320. The molecule has 0 aliphatic carbocycles. The molecular weight excluding hydrogens is 374 g/mol. The van der Waals surface area contributed by atoms with E-state index in [0.29, 0.717) is 12.5 Å². The van der Waals surface area contributed by atoms with E-state index in [1.165, 1.54) is 22.4 Å². The Kier molecular flexibility index (Phi) is 4.74. The first kappa shape index (κ1) is 18.8. The van der Waals surface area contributed by atoms with Crippen LogP contribution in [0, 0.1) is 13.8 Å². The Balaban J connectivity index is 1.39. The minimum absolute atomic E-state index is 0.474. The molecule has 1 atom stereocenters. The molecule has 1 aromatic heterocycles. The maximum atomic E-state index is 5.82. The molecule has 3 aromatic rings.